The molecule has 110 valence electrons. The molecule has 0 radical (unpaired) electrons. The van der Waals surface area contributed by atoms with Gasteiger partial charge in [0.2, 0.25) is 0 Å². The fraction of sp³-hybridized carbons (Fsp3) is 0.857. The first kappa shape index (κ1) is 16.1. The van der Waals surface area contributed by atoms with Gasteiger partial charge in [0.1, 0.15) is 17.8 Å². The normalized spacial score (nSPS) is 29.8. The van der Waals surface area contributed by atoms with Crippen LogP contribution in [-0.4, -0.2) is 39.8 Å². The second-order valence-electron chi connectivity index (χ2n) is 6.94. The molecule has 1 fully saturated rings. The molecule has 1 rings (SSSR count). The Morgan fingerprint density at radius 3 is 2.11 bits per heavy atom. The third-order valence-corrected chi connectivity index (χ3v) is 3.83. The average molecular weight is 272 g/mol. The van der Waals surface area contributed by atoms with E-state index in [9.17, 15) is 19.8 Å². The van der Waals surface area contributed by atoms with Crippen LogP contribution < -0.4 is 0 Å². The maximum atomic E-state index is 12.0. The SMILES string of the molecule is CC(=O)C(O)C(C1C(=O)OC(C)(C)C1O)C(C)(C)C. The monoisotopic (exact) mass is 272 g/mol. The number of cyclic esters (lactones) is 1. The van der Waals surface area contributed by atoms with Gasteiger partial charge in [-0.05, 0) is 26.2 Å². The smallest absolute Gasteiger partial charge is 0.312 e. The molecule has 5 nitrogen and oxygen atoms in total. The largest absolute Gasteiger partial charge is 0.457 e. The first-order chi connectivity index (χ1) is 8.39. The highest BCUT2D eigenvalue weighted by molar-refractivity contribution is 5.83. The van der Waals surface area contributed by atoms with Crippen LogP contribution in [0.5, 0.6) is 0 Å². The summed E-state index contributed by atoms with van der Waals surface area (Å²) < 4.78 is 5.17. The zero-order chi connectivity index (χ0) is 15.2. The fourth-order valence-electron chi connectivity index (χ4n) is 2.75. The zero-order valence-corrected chi connectivity index (χ0v) is 12.4. The van der Waals surface area contributed by atoms with E-state index in [-0.39, 0.29) is 0 Å². The minimum Gasteiger partial charge on any atom is -0.457 e. The number of hydrogen-bond acceptors (Lipinski definition) is 5. The third kappa shape index (κ3) is 2.98. The molecule has 1 aliphatic rings. The quantitative estimate of drug-likeness (QED) is 0.746. The fourth-order valence-corrected chi connectivity index (χ4v) is 2.75. The van der Waals surface area contributed by atoms with Gasteiger partial charge in [0.25, 0.3) is 0 Å². The van der Waals surface area contributed by atoms with E-state index >= 15 is 0 Å². The minimum atomic E-state index is -1.29. The molecule has 2 N–H and O–H groups in total. The summed E-state index contributed by atoms with van der Waals surface area (Å²) in [6.45, 7) is 10.0. The number of carbonyl (C=O) groups is 2. The van der Waals surface area contributed by atoms with Gasteiger partial charge in [-0.25, -0.2) is 0 Å². The van der Waals surface area contributed by atoms with Crippen LogP contribution in [0.1, 0.15) is 41.5 Å². The number of Topliss-reactive ketones (excluding diaryl/α,β-unsaturated/α-hetero) is 1. The number of ketones is 1. The molecule has 0 bridgehead atoms. The van der Waals surface area contributed by atoms with Crippen molar-refractivity contribution in [3.8, 4) is 0 Å². The van der Waals surface area contributed by atoms with E-state index in [1.807, 2.05) is 20.8 Å². The van der Waals surface area contributed by atoms with Crippen molar-refractivity contribution in [2.24, 2.45) is 17.3 Å². The Morgan fingerprint density at radius 1 is 1.37 bits per heavy atom. The molecule has 0 spiro atoms. The number of hydrogen-bond donors (Lipinski definition) is 2. The molecule has 0 aromatic heterocycles. The number of esters is 1. The maximum absolute atomic E-state index is 12.0. The molecule has 4 atom stereocenters. The van der Waals surface area contributed by atoms with E-state index < -0.39 is 46.8 Å². The van der Waals surface area contributed by atoms with Crippen LogP contribution in [0.3, 0.4) is 0 Å². The van der Waals surface area contributed by atoms with Gasteiger partial charge in [-0.2, -0.15) is 0 Å². The van der Waals surface area contributed by atoms with Crippen molar-refractivity contribution in [2.45, 2.75) is 59.4 Å². The maximum Gasteiger partial charge on any atom is 0.312 e. The van der Waals surface area contributed by atoms with Crippen molar-refractivity contribution in [3.05, 3.63) is 0 Å². The standard InChI is InChI=1S/C14H24O5/c1-7(15)10(16)9(13(2,3)4)8-11(17)14(5,6)19-12(8)18/h8-11,16-17H,1-6H3. The van der Waals surface area contributed by atoms with Crippen LogP contribution in [0.2, 0.25) is 0 Å². The number of carbonyl (C=O) groups excluding carboxylic acids is 2. The van der Waals surface area contributed by atoms with Crippen LogP contribution in [-0.2, 0) is 14.3 Å². The van der Waals surface area contributed by atoms with E-state index in [4.69, 9.17) is 4.74 Å². The molecule has 0 aliphatic carbocycles. The predicted molar refractivity (Wildman–Crippen MR) is 69.3 cm³/mol. The molecule has 4 unspecified atom stereocenters. The minimum absolute atomic E-state index is 0.412. The van der Waals surface area contributed by atoms with Gasteiger partial charge in [0, 0.05) is 5.92 Å². The van der Waals surface area contributed by atoms with Gasteiger partial charge in [0.15, 0.2) is 5.78 Å². The highest BCUT2D eigenvalue weighted by Crippen LogP contribution is 2.44. The van der Waals surface area contributed by atoms with Gasteiger partial charge in [-0.3, -0.25) is 9.59 Å². The Bertz CT molecular complexity index is 380. The lowest BCUT2D eigenvalue weighted by Gasteiger charge is -2.37. The molecule has 5 heteroatoms. The summed E-state index contributed by atoms with van der Waals surface area (Å²) in [5.41, 5.74) is -1.52. The summed E-state index contributed by atoms with van der Waals surface area (Å²) in [4.78, 5) is 23.5. The Kier molecular flexibility index (Phi) is 4.13. The van der Waals surface area contributed by atoms with Crippen LogP contribution >= 0.6 is 0 Å². The third-order valence-electron chi connectivity index (χ3n) is 3.83. The Morgan fingerprint density at radius 2 is 1.84 bits per heavy atom. The Hall–Kier alpha value is -0.940. The van der Waals surface area contributed by atoms with E-state index in [1.165, 1.54) is 6.92 Å². The zero-order valence-electron chi connectivity index (χ0n) is 12.4. The molecule has 19 heavy (non-hydrogen) atoms. The van der Waals surface area contributed by atoms with Crippen LogP contribution in [0.15, 0.2) is 0 Å². The van der Waals surface area contributed by atoms with Crippen molar-refractivity contribution in [1.29, 1.82) is 0 Å². The van der Waals surface area contributed by atoms with Crippen molar-refractivity contribution in [1.82, 2.24) is 0 Å². The van der Waals surface area contributed by atoms with Gasteiger partial charge in [-0.15, -0.1) is 0 Å². The van der Waals surface area contributed by atoms with Gasteiger partial charge in [0.05, 0.1) is 5.92 Å². The lowest BCUT2D eigenvalue weighted by Crippen LogP contribution is -2.48. The first-order valence-corrected chi connectivity index (χ1v) is 6.49. The van der Waals surface area contributed by atoms with Crippen molar-refractivity contribution < 1.29 is 24.5 Å². The molecular weight excluding hydrogens is 248 g/mol. The molecule has 1 heterocycles. The van der Waals surface area contributed by atoms with Crippen LogP contribution in [0.25, 0.3) is 0 Å². The topological polar surface area (TPSA) is 83.8 Å². The Labute approximate surface area is 114 Å². The molecule has 0 amide bonds. The lowest BCUT2D eigenvalue weighted by atomic mass is 9.67. The van der Waals surface area contributed by atoms with E-state index in [2.05, 4.69) is 0 Å². The molecule has 0 aromatic carbocycles. The second-order valence-corrected chi connectivity index (χ2v) is 6.94. The van der Waals surface area contributed by atoms with Crippen LogP contribution in [0, 0.1) is 17.3 Å². The van der Waals surface area contributed by atoms with E-state index in [0.29, 0.717) is 0 Å². The lowest BCUT2D eigenvalue weighted by molar-refractivity contribution is -0.153. The van der Waals surface area contributed by atoms with E-state index in [1.54, 1.807) is 13.8 Å². The van der Waals surface area contributed by atoms with Crippen molar-refractivity contribution >= 4 is 11.8 Å². The summed E-state index contributed by atoms with van der Waals surface area (Å²) in [6, 6.07) is 0. The highest BCUT2D eigenvalue weighted by Gasteiger charge is 2.56. The van der Waals surface area contributed by atoms with E-state index in [0.717, 1.165) is 0 Å². The summed E-state index contributed by atoms with van der Waals surface area (Å²) in [5.74, 6) is -2.55. The number of ether oxygens (including phenoxy) is 1. The summed E-state index contributed by atoms with van der Waals surface area (Å²) >= 11 is 0. The van der Waals surface area contributed by atoms with Gasteiger partial charge >= 0.3 is 5.97 Å². The van der Waals surface area contributed by atoms with Crippen molar-refractivity contribution in [2.75, 3.05) is 0 Å². The average Bonchev–Trinajstić information content (AvgIpc) is 2.38. The highest BCUT2D eigenvalue weighted by atomic mass is 16.6. The second kappa shape index (κ2) is 4.87. The van der Waals surface area contributed by atoms with Crippen molar-refractivity contribution in [3.63, 3.8) is 0 Å². The van der Waals surface area contributed by atoms with Gasteiger partial charge < -0.3 is 14.9 Å². The summed E-state index contributed by atoms with van der Waals surface area (Å²) in [7, 11) is 0. The van der Waals surface area contributed by atoms with Crippen LogP contribution in [0.4, 0.5) is 0 Å². The number of rotatable bonds is 3. The summed E-state index contributed by atoms with van der Waals surface area (Å²) in [5, 5.41) is 20.4. The molecule has 0 aromatic rings. The molecular formula is C14H24O5. The predicted octanol–water partition coefficient (Wildman–Crippen LogP) is 0.911. The first-order valence-electron chi connectivity index (χ1n) is 6.49. The molecule has 0 saturated carbocycles. The summed E-state index contributed by atoms with van der Waals surface area (Å²) in [6.07, 6.45) is -2.33. The Balaban J connectivity index is 3.20. The molecule has 1 aliphatic heterocycles. The number of aliphatic hydroxyl groups excluding tert-OH is 2. The van der Waals surface area contributed by atoms with Gasteiger partial charge in [-0.1, -0.05) is 20.8 Å². The molecule has 1 saturated heterocycles. The number of aliphatic hydroxyl groups is 2.